The van der Waals surface area contributed by atoms with Crippen molar-refractivity contribution in [1.29, 1.82) is 0 Å². The molecule has 6 rings (SSSR count). The van der Waals surface area contributed by atoms with Crippen LogP contribution in [0.5, 0.6) is 23.0 Å². The van der Waals surface area contributed by atoms with Gasteiger partial charge in [0.1, 0.15) is 23.0 Å². The Morgan fingerprint density at radius 2 is 0.808 bits per heavy atom. The first-order valence-corrected chi connectivity index (χ1v) is 29.1. The molecule has 0 spiro atoms. The molecular formula is C62H80N2O7S2. The monoisotopic (exact) mass is 1030 g/mol. The Bertz CT molecular complexity index is 2360. The van der Waals surface area contributed by atoms with Gasteiger partial charge in [-0.25, -0.2) is 4.79 Å². The fourth-order valence-electron chi connectivity index (χ4n) is 9.70. The third kappa shape index (κ3) is 20.1. The van der Waals surface area contributed by atoms with E-state index in [4.69, 9.17) is 9.47 Å². The van der Waals surface area contributed by atoms with Crippen LogP contribution >= 0.6 is 23.5 Å². The maximum absolute atomic E-state index is 13.2. The van der Waals surface area contributed by atoms with Gasteiger partial charge in [-0.2, -0.15) is 0 Å². The average molecular weight is 1030 g/mol. The molecule has 0 saturated carbocycles. The molecular weight excluding hydrogens is 949 g/mol. The van der Waals surface area contributed by atoms with Gasteiger partial charge in [0.25, 0.3) is 0 Å². The van der Waals surface area contributed by atoms with Crippen LogP contribution < -0.4 is 20.1 Å². The van der Waals surface area contributed by atoms with E-state index >= 15 is 0 Å². The molecule has 4 N–H and O–H groups in total. The van der Waals surface area contributed by atoms with Gasteiger partial charge >= 0.3 is 6.03 Å². The Morgan fingerprint density at radius 3 is 1.22 bits per heavy atom. The van der Waals surface area contributed by atoms with Crippen molar-refractivity contribution in [3.05, 3.63) is 147 Å². The molecule has 0 saturated heterocycles. The summed E-state index contributed by atoms with van der Waals surface area (Å²) in [6.07, 6.45) is 22.3. The molecule has 11 heteroatoms. The predicted octanol–water partition coefficient (Wildman–Crippen LogP) is 15.4. The van der Waals surface area contributed by atoms with Crippen LogP contribution in [-0.4, -0.2) is 51.2 Å². The van der Waals surface area contributed by atoms with Crippen LogP contribution in [0.1, 0.15) is 179 Å². The van der Waals surface area contributed by atoms with E-state index in [1.807, 2.05) is 72.8 Å². The van der Waals surface area contributed by atoms with E-state index in [2.05, 4.69) is 34.9 Å². The maximum Gasteiger partial charge on any atom is 0.319 e. The maximum atomic E-state index is 13.2. The summed E-state index contributed by atoms with van der Waals surface area (Å²) in [6, 6.07) is 31.5. The summed E-state index contributed by atoms with van der Waals surface area (Å²) < 4.78 is 13.5. The number of carbonyl (C=O) groups is 3. The van der Waals surface area contributed by atoms with Crippen molar-refractivity contribution >= 4 is 45.5 Å². The number of unbranched alkanes of at least 4 members (excludes halogenated alkanes) is 16. The zero-order valence-corrected chi connectivity index (χ0v) is 45.2. The van der Waals surface area contributed by atoms with E-state index in [1.165, 1.54) is 87.7 Å². The Kier molecular flexibility index (Phi) is 25.0. The third-order valence-corrected chi connectivity index (χ3v) is 15.4. The highest BCUT2D eigenvalue weighted by molar-refractivity contribution is 8.13. The number of benzene rings is 5. The minimum Gasteiger partial charge on any atom is -0.507 e. The zero-order valence-electron chi connectivity index (χ0n) is 43.6. The number of ether oxygens (including phenoxy) is 2. The highest BCUT2D eigenvalue weighted by Crippen LogP contribution is 2.39. The van der Waals surface area contributed by atoms with Gasteiger partial charge < -0.3 is 30.3 Å². The molecule has 392 valence electrons. The number of nitrogens with one attached hydrogen (secondary N) is 2. The first-order valence-electron chi connectivity index (χ1n) is 27.1. The number of urea groups is 1. The number of aromatic hydroxyl groups is 2. The van der Waals surface area contributed by atoms with Crippen LogP contribution in [0.4, 0.5) is 10.5 Å². The second kappa shape index (κ2) is 32.0. The lowest BCUT2D eigenvalue weighted by molar-refractivity contribution is -0.109. The van der Waals surface area contributed by atoms with E-state index < -0.39 is 0 Å². The van der Waals surface area contributed by atoms with Gasteiger partial charge in [-0.1, -0.05) is 186 Å². The number of para-hydroxylation sites is 4. The van der Waals surface area contributed by atoms with E-state index in [0.29, 0.717) is 44.6 Å². The zero-order chi connectivity index (χ0) is 51.5. The molecule has 0 unspecified atom stereocenters. The van der Waals surface area contributed by atoms with Crippen LogP contribution in [0, 0.1) is 0 Å². The van der Waals surface area contributed by atoms with Crippen LogP contribution in [0.25, 0.3) is 0 Å². The standard InChI is InChI=1S/C62H80N2O7S2/c1-46(65)72-37-22-15-11-7-3-5-9-13-20-35-70-60-51-29-25-31-53(60)43-55-39-48(45-63-62(69)64-57-33-18-17-19-34-57)40-56(59(55)68)44-54-32-26-30-52(42-50-28-24-27-49(41-51)58(50)67)61(54)71-36-21-14-10-6-4-8-12-16-23-38-73-47(2)66/h17-19,24-34,39-40,67-68H,3-16,20-23,35-38,41-45H2,1-2H3,(H2,63,64,69). The Labute approximate surface area is 444 Å². The molecule has 5 aromatic carbocycles. The number of phenols is 2. The van der Waals surface area contributed by atoms with Crippen molar-refractivity contribution in [2.45, 2.75) is 162 Å². The van der Waals surface area contributed by atoms with Crippen molar-refractivity contribution in [3.63, 3.8) is 0 Å². The first-order chi connectivity index (χ1) is 35.6. The second-order valence-electron chi connectivity index (χ2n) is 19.6. The highest BCUT2D eigenvalue weighted by Gasteiger charge is 2.21. The largest absolute Gasteiger partial charge is 0.507 e. The van der Waals surface area contributed by atoms with Gasteiger partial charge in [-0.05, 0) is 100 Å². The number of hydrogen-bond donors (Lipinski definition) is 4. The minimum absolute atomic E-state index is 0.204. The summed E-state index contributed by atoms with van der Waals surface area (Å²) in [6.45, 7) is 4.64. The number of hydrogen-bond acceptors (Lipinski definition) is 9. The van der Waals surface area contributed by atoms with Crippen molar-refractivity contribution in [2.24, 2.45) is 0 Å². The number of anilines is 1. The molecule has 2 amide bonds. The number of fused-ring (bicyclic) bond motifs is 8. The first kappa shape index (κ1) is 56.9. The van der Waals surface area contributed by atoms with E-state index in [9.17, 15) is 24.6 Å². The minimum atomic E-state index is -0.316. The highest BCUT2D eigenvalue weighted by atomic mass is 32.2. The molecule has 1 aliphatic rings. The average Bonchev–Trinajstić information content (AvgIpc) is 3.37. The fourth-order valence-corrected chi connectivity index (χ4v) is 11.0. The molecule has 0 aromatic heterocycles. The molecule has 0 radical (unpaired) electrons. The summed E-state index contributed by atoms with van der Waals surface area (Å²) in [5.41, 5.74) is 8.52. The van der Waals surface area contributed by atoms with Crippen molar-refractivity contribution in [2.75, 3.05) is 30.0 Å². The van der Waals surface area contributed by atoms with Gasteiger partial charge in [0.05, 0.1) is 13.2 Å². The lowest BCUT2D eigenvalue weighted by Crippen LogP contribution is -2.28. The summed E-state index contributed by atoms with van der Waals surface area (Å²) in [5.74, 6) is 3.91. The number of amides is 2. The second-order valence-corrected chi connectivity index (χ2v) is 22.2. The molecule has 0 heterocycles. The van der Waals surface area contributed by atoms with Crippen LogP contribution in [0.3, 0.4) is 0 Å². The summed E-state index contributed by atoms with van der Waals surface area (Å²) in [4.78, 5) is 35.5. The SMILES string of the molecule is CC(=O)SCCCCCCCCCCCOc1c2cccc1Cc1cc(CNC(=O)Nc3ccccc3)cc(c1O)Cc1cccc(c1OCCCCCCCCCCCSC(C)=O)Cc1cccc(c1O)C2. The normalized spacial score (nSPS) is 12.0. The van der Waals surface area contributed by atoms with Crippen molar-refractivity contribution in [1.82, 2.24) is 5.32 Å². The summed E-state index contributed by atoms with van der Waals surface area (Å²) >= 11 is 2.86. The van der Waals surface area contributed by atoms with Gasteiger partial charge in [0.15, 0.2) is 10.2 Å². The van der Waals surface area contributed by atoms with E-state index in [-0.39, 0.29) is 34.3 Å². The molecule has 0 fully saturated rings. The van der Waals surface area contributed by atoms with Gasteiger partial charge in [-0.15, -0.1) is 0 Å². The number of phenolic OH excluding ortho intramolecular Hbond substituents is 2. The molecule has 5 aromatic rings. The molecule has 0 atom stereocenters. The summed E-state index contributed by atoms with van der Waals surface area (Å²) in [7, 11) is 0. The number of carbonyl (C=O) groups excluding carboxylic acids is 3. The van der Waals surface area contributed by atoms with E-state index in [1.54, 1.807) is 13.8 Å². The van der Waals surface area contributed by atoms with Gasteiger partial charge in [-0.3, -0.25) is 9.59 Å². The number of thioether (sulfide) groups is 2. The topological polar surface area (TPSA) is 134 Å². The lowest BCUT2D eigenvalue weighted by Gasteiger charge is -2.21. The number of rotatable bonds is 29. The Balaban J connectivity index is 1.19. The van der Waals surface area contributed by atoms with Crippen LogP contribution in [-0.2, 0) is 41.8 Å². The van der Waals surface area contributed by atoms with Crippen LogP contribution in [0.15, 0.2) is 97.1 Å². The Hall–Kier alpha value is -5.39. The van der Waals surface area contributed by atoms with E-state index in [0.717, 1.165) is 124 Å². The van der Waals surface area contributed by atoms with Gasteiger partial charge in [0.2, 0.25) is 0 Å². The molecule has 73 heavy (non-hydrogen) atoms. The van der Waals surface area contributed by atoms with Crippen LogP contribution in [0.2, 0.25) is 0 Å². The predicted molar refractivity (Wildman–Crippen MR) is 303 cm³/mol. The fraction of sp³-hybridized carbons (Fsp3) is 0.468. The van der Waals surface area contributed by atoms with Gasteiger partial charge in [0, 0.05) is 63.3 Å². The Morgan fingerprint density at radius 1 is 0.452 bits per heavy atom. The molecule has 1 aliphatic carbocycles. The molecule has 9 nitrogen and oxygen atoms in total. The molecule has 0 aliphatic heterocycles. The lowest BCUT2D eigenvalue weighted by atomic mass is 9.90. The third-order valence-electron chi connectivity index (χ3n) is 13.6. The van der Waals surface area contributed by atoms with Crippen molar-refractivity contribution < 1.29 is 34.1 Å². The summed E-state index contributed by atoms with van der Waals surface area (Å²) in [5, 5.41) is 30.7. The smallest absolute Gasteiger partial charge is 0.319 e. The molecule has 8 bridgehead atoms. The quantitative estimate of drug-likeness (QED) is 0.0339. The van der Waals surface area contributed by atoms with Crippen molar-refractivity contribution in [3.8, 4) is 23.0 Å².